The van der Waals surface area contributed by atoms with E-state index < -0.39 is 0 Å². The van der Waals surface area contributed by atoms with E-state index in [1.165, 1.54) is 5.56 Å². The summed E-state index contributed by atoms with van der Waals surface area (Å²) in [5, 5.41) is 4.99. The summed E-state index contributed by atoms with van der Waals surface area (Å²) in [4.78, 5) is 18.7. The van der Waals surface area contributed by atoms with Crippen LogP contribution in [0.15, 0.2) is 55.1 Å². The molecule has 0 spiro atoms. The van der Waals surface area contributed by atoms with Crippen LogP contribution in [0.4, 0.5) is 0 Å². The highest BCUT2D eigenvalue weighted by atomic mass is 35.5. The third-order valence-corrected chi connectivity index (χ3v) is 4.60. The number of nitrogens with zero attached hydrogens (tertiary/aromatic N) is 4. The molecule has 1 aliphatic heterocycles. The number of amides is 1. The predicted molar refractivity (Wildman–Crippen MR) is 91.3 cm³/mol. The van der Waals surface area contributed by atoms with E-state index in [0.29, 0.717) is 18.7 Å². The summed E-state index contributed by atoms with van der Waals surface area (Å²) in [7, 11) is 0. The van der Waals surface area contributed by atoms with Crippen molar-refractivity contribution in [2.75, 3.05) is 6.54 Å². The van der Waals surface area contributed by atoms with Gasteiger partial charge in [-0.3, -0.25) is 9.78 Å². The van der Waals surface area contributed by atoms with Crippen LogP contribution in [0.1, 0.15) is 21.5 Å². The maximum atomic E-state index is 12.8. The molecule has 0 saturated heterocycles. The Labute approximate surface area is 144 Å². The third kappa shape index (κ3) is 2.67. The van der Waals surface area contributed by atoms with Gasteiger partial charge in [0.15, 0.2) is 0 Å². The molecule has 3 aromatic rings. The molecule has 120 valence electrons. The minimum atomic E-state index is -0.0317. The first-order chi connectivity index (χ1) is 11.7. The van der Waals surface area contributed by atoms with Crippen LogP contribution < -0.4 is 0 Å². The lowest BCUT2D eigenvalue weighted by molar-refractivity contribution is 0.0735. The SMILES string of the molecule is O=C(c1cnn(-c2cccnc2)c1)N1CCc2cccc(Cl)c2C1. The molecule has 0 atom stereocenters. The molecule has 24 heavy (non-hydrogen) atoms. The molecule has 0 saturated carbocycles. The molecule has 4 rings (SSSR count). The largest absolute Gasteiger partial charge is 0.334 e. The molecule has 0 bridgehead atoms. The van der Waals surface area contributed by atoms with Crippen molar-refractivity contribution in [2.24, 2.45) is 0 Å². The maximum Gasteiger partial charge on any atom is 0.257 e. The fourth-order valence-electron chi connectivity index (χ4n) is 2.96. The summed E-state index contributed by atoms with van der Waals surface area (Å²) >= 11 is 6.28. The van der Waals surface area contributed by atoms with Gasteiger partial charge in [0, 0.05) is 30.5 Å². The van der Waals surface area contributed by atoms with Gasteiger partial charge in [0.1, 0.15) is 0 Å². The molecule has 1 aromatic carbocycles. The average molecular weight is 339 g/mol. The number of benzene rings is 1. The van der Waals surface area contributed by atoms with Gasteiger partial charge in [0.2, 0.25) is 0 Å². The minimum Gasteiger partial charge on any atom is -0.334 e. The number of carbonyl (C=O) groups is 1. The first-order valence-electron chi connectivity index (χ1n) is 7.73. The highest BCUT2D eigenvalue weighted by Gasteiger charge is 2.24. The van der Waals surface area contributed by atoms with Crippen molar-refractivity contribution in [3.8, 4) is 5.69 Å². The second kappa shape index (κ2) is 6.09. The number of carbonyl (C=O) groups excluding carboxylic acids is 1. The predicted octanol–water partition coefficient (Wildman–Crippen LogP) is 3.12. The Morgan fingerprint density at radius 2 is 2.08 bits per heavy atom. The zero-order valence-electron chi connectivity index (χ0n) is 12.9. The summed E-state index contributed by atoms with van der Waals surface area (Å²) in [5.41, 5.74) is 3.65. The van der Waals surface area contributed by atoms with Gasteiger partial charge in [-0.2, -0.15) is 5.10 Å². The van der Waals surface area contributed by atoms with Gasteiger partial charge >= 0.3 is 0 Å². The average Bonchev–Trinajstić information content (AvgIpc) is 3.12. The van der Waals surface area contributed by atoms with Crippen molar-refractivity contribution < 1.29 is 4.79 Å². The van der Waals surface area contributed by atoms with Gasteiger partial charge in [-0.1, -0.05) is 23.7 Å². The Morgan fingerprint density at radius 1 is 1.17 bits per heavy atom. The van der Waals surface area contributed by atoms with Gasteiger partial charge < -0.3 is 4.90 Å². The lowest BCUT2D eigenvalue weighted by Gasteiger charge is -2.29. The van der Waals surface area contributed by atoms with E-state index in [0.717, 1.165) is 22.7 Å². The first-order valence-corrected chi connectivity index (χ1v) is 8.11. The van der Waals surface area contributed by atoms with Crippen molar-refractivity contribution in [2.45, 2.75) is 13.0 Å². The monoisotopic (exact) mass is 338 g/mol. The zero-order valence-corrected chi connectivity index (χ0v) is 13.6. The van der Waals surface area contributed by atoms with Crippen LogP contribution in [-0.2, 0) is 13.0 Å². The molecule has 1 aliphatic rings. The van der Waals surface area contributed by atoms with Crippen LogP contribution >= 0.6 is 11.6 Å². The van der Waals surface area contributed by atoms with Crippen molar-refractivity contribution >= 4 is 17.5 Å². The third-order valence-electron chi connectivity index (χ3n) is 4.24. The highest BCUT2D eigenvalue weighted by molar-refractivity contribution is 6.31. The fourth-order valence-corrected chi connectivity index (χ4v) is 3.21. The molecule has 0 unspecified atom stereocenters. The lowest BCUT2D eigenvalue weighted by atomic mass is 9.99. The molecule has 6 heteroatoms. The Kier molecular flexibility index (Phi) is 3.78. The first kappa shape index (κ1) is 14.9. The van der Waals surface area contributed by atoms with Crippen molar-refractivity contribution in [3.05, 3.63) is 76.8 Å². The van der Waals surface area contributed by atoms with E-state index in [-0.39, 0.29) is 5.91 Å². The van der Waals surface area contributed by atoms with Crippen molar-refractivity contribution in [1.82, 2.24) is 19.7 Å². The van der Waals surface area contributed by atoms with E-state index in [9.17, 15) is 4.79 Å². The standard InChI is InChI=1S/C18H15ClN4O/c19-17-5-1-3-13-6-8-22(12-16(13)17)18(24)14-9-21-23(11-14)15-4-2-7-20-10-15/h1-5,7,9-11H,6,8,12H2. The van der Waals surface area contributed by atoms with Crippen molar-refractivity contribution in [3.63, 3.8) is 0 Å². The Balaban J connectivity index is 1.57. The molecule has 0 radical (unpaired) electrons. The highest BCUT2D eigenvalue weighted by Crippen LogP contribution is 2.27. The number of hydrogen-bond donors (Lipinski definition) is 0. The summed E-state index contributed by atoms with van der Waals surface area (Å²) < 4.78 is 1.66. The molecule has 3 heterocycles. The summed E-state index contributed by atoms with van der Waals surface area (Å²) in [6.07, 6.45) is 7.56. The summed E-state index contributed by atoms with van der Waals surface area (Å²) in [5.74, 6) is -0.0317. The number of halogens is 1. The van der Waals surface area contributed by atoms with E-state index in [1.54, 1.807) is 29.5 Å². The topological polar surface area (TPSA) is 51.0 Å². The Morgan fingerprint density at radius 3 is 2.92 bits per heavy atom. The van der Waals surface area contributed by atoms with Crippen LogP contribution in [0.5, 0.6) is 0 Å². The molecule has 2 aromatic heterocycles. The molecular weight excluding hydrogens is 324 g/mol. The van der Waals surface area contributed by atoms with Gasteiger partial charge in [-0.25, -0.2) is 4.68 Å². The Bertz CT molecular complexity index is 891. The van der Waals surface area contributed by atoms with Crippen LogP contribution in [0, 0.1) is 0 Å². The number of hydrogen-bond acceptors (Lipinski definition) is 3. The number of aromatic nitrogens is 3. The van der Waals surface area contributed by atoms with Crippen molar-refractivity contribution in [1.29, 1.82) is 0 Å². The zero-order chi connectivity index (χ0) is 16.5. The molecule has 0 aliphatic carbocycles. The number of pyridine rings is 1. The molecular formula is C18H15ClN4O. The molecule has 0 fully saturated rings. The Hall–Kier alpha value is -2.66. The fraction of sp³-hybridized carbons (Fsp3) is 0.167. The summed E-state index contributed by atoms with van der Waals surface area (Å²) in [6, 6.07) is 9.63. The lowest BCUT2D eigenvalue weighted by Crippen LogP contribution is -2.36. The normalized spacial score (nSPS) is 13.6. The van der Waals surface area contributed by atoms with E-state index in [4.69, 9.17) is 11.6 Å². The van der Waals surface area contributed by atoms with Crippen LogP contribution in [-0.4, -0.2) is 32.1 Å². The smallest absolute Gasteiger partial charge is 0.257 e. The summed E-state index contributed by atoms with van der Waals surface area (Å²) in [6.45, 7) is 1.22. The van der Waals surface area contributed by atoms with Crippen LogP contribution in [0.25, 0.3) is 5.69 Å². The minimum absolute atomic E-state index is 0.0317. The van der Waals surface area contributed by atoms with Gasteiger partial charge in [0.05, 0.1) is 23.6 Å². The van der Waals surface area contributed by atoms with E-state index >= 15 is 0 Å². The quantitative estimate of drug-likeness (QED) is 0.721. The number of fused-ring (bicyclic) bond motifs is 1. The molecule has 1 amide bonds. The molecule has 5 nitrogen and oxygen atoms in total. The van der Waals surface area contributed by atoms with Gasteiger partial charge in [-0.05, 0) is 35.7 Å². The van der Waals surface area contributed by atoms with E-state index in [2.05, 4.69) is 16.1 Å². The maximum absolute atomic E-state index is 12.8. The second-order valence-corrected chi connectivity index (χ2v) is 6.15. The van der Waals surface area contributed by atoms with Crippen LogP contribution in [0.2, 0.25) is 5.02 Å². The van der Waals surface area contributed by atoms with Gasteiger partial charge in [-0.15, -0.1) is 0 Å². The second-order valence-electron chi connectivity index (χ2n) is 5.74. The molecule has 0 N–H and O–H groups in total. The van der Waals surface area contributed by atoms with E-state index in [1.807, 2.05) is 29.2 Å². The van der Waals surface area contributed by atoms with Gasteiger partial charge in [0.25, 0.3) is 5.91 Å². The van der Waals surface area contributed by atoms with Crippen LogP contribution in [0.3, 0.4) is 0 Å². The number of rotatable bonds is 2.